The van der Waals surface area contributed by atoms with Gasteiger partial charge >= 0.3 is 6.09 Å². The second-order valence-corrected chi connectivity index (χ2v) is 11.6. The molecule has 1 aliphatic carbocycles. The van der Waals surface area contributed by atoms with E-state index in [0.29, 0.717) is 29.0 Å². The highest BCUT2D eigenvalue weighted by molar-refractivity contribution is 6.09. The van der Waals surface area contributed by atoms with Gasteiger partial charge in [0.25, 0.3) is 0 Å². The number of carbonyl (C=O) groups excluding carboxylic acids is 2. The van der Waals surface area contributed by atoms with Crippen molar-refractivity contribution in [2.75, 3.05) is 12.4 Å². The summed E-state index contributed by atoms with van der Waals surface area (Å²) in [5.41, 5.74) is 3.74. The molecule has 6 nitrogen and oxygen atoms in total. The average Bonchev–Trinajstić information content (AvgIpc) is 2.83. The molecule has 0 unspecified atom stereocenters. The van der Waals surface area contributed by atoms with Crippen LogP contribution in [0.4, 0.5) is 10.5 Å². The van der Waals surface area contributed by atoms with Crippen molar-refractivity contribution in [3.8, 4) is 5.75 Å². The third-order valence-corrected chi connectivity index (χ3v) is 7.60. The molecule has 1 fully saturated rings. The summed E-state index contributed by atoms with van der Waals surface area (Å²) >= 11 is 0. The van der Waals surface area contributed by atoms with Gasteiger partial charge in [-0.3, -0.25) is 10.1 Å². The summed E-state index contributed by atoms with van der Waals surface area (Å²) in [6.07, 6.45) is 5.06. The number of methoxy groups -OCH3 is 1. The number of benzene rings is 2. The Balaban J connectivity index is 1.50. The van der Waals surface area contributed by atoms with Crippen molar-refractivity contribution < 1.29 is 19.1 Å². The Morgan fingerprint density at radius 3 is 2.65 bits per heavy atom. The number of ketones is 1. The maximum Gasteiger partial charge on any atom is 0.411 e. The first-order chi connectivity index (χ1) is 17.5. The van der Waals surface area contributed by atoms with Crippen LogP contribution in [0.25, 0.3) is 5.70 Å². The topological polar surface area (TPSA) is 76.7 Å². The van der Waals surface area contributed by atoms with E-state index in [9.17, 15) is 9.59 Å². The number of hydrogen-bond donors (Lipinski definition) is 2. The summed E-state index contributed by atoms with van der Waals surface area (Å²) in [5, 5.41) is 6.34. The maximum atomic E-state index is 13.3. The van der Waals surface area contributed by atoms with Crippen LogP contribution in [0.2, 0.25) is 0 Å². The fraction of sp³-hybridized carbons (Fsp3) is 0.484. The number of hydrogen-bond acceptors (Lipinski definition) is 5. The van der Waals surface area contributed by atoms with Crippen molar-refractivity contribution in [1.29, 1.82) is 0 Å². The molecule has 2 aromatic carbocycles. The van der Waals surface area contributed by atoms with Crippen LogP contribution in [0.15, 0.2) is 48.5 Å². The largest absolute Gasteiger partial charge is 0.497 e. The summed E-state index contributed by atoms with van der Waals surface area (Å²) < 4.78 is 11.3. The van der Waals surface area contributed by atoms with Crippen LogP contribution in [0.5, 0.6) is 5.75 Å². The zero-order valence-corrected chi connectivity index (χ0v) is 22.9. The maximum absolute atomic E-state index is 13.3. The number of carbonyl (C=O) groups is 2. The van der Waals surface area contributed by atoms with Crippen molar-refractivity contribution in [3.63, 3.8) is 0 Å². The Morgan fingerprint density at radius 2 is 1.92 bits per heavy atom. The summed E-state index contributed by atoms with van der Waals surface area (Å²) in [4.78, 5) is 26.1. The van der Waals surface area contributed by atoms with Crippen molar-refractivity contribution in [1.82, 2.24) is 5.32 Å². The van der Waals surface area contributed by atoms with Gasteiger partial charge in [-0.25, -0.2) is 4.79 Å². The van der Waals surface area contributed by atoms with E-state index in [1.165, 1.54) is 12.0 Å². The monoisotopic (exact) mass is 504 g/mol. The van der Waals surface area contributed by atoms with E-state index in [4.69, 9.17) is 9.47 Å². The zero-order chi connectivity index (χ0) is 26.7. The summed E-state index contributed by atoms with van der Waals surface area (Å²) in [6, 6.07) is 13.0. The van der Waals surface area contributed by atoms with Crippen LogP contribution in [0.1, 0.15) is 75.4 Å². The van der Waals surface area contributed by atoms with E-state index in [1.807, 2.05) is 12.1 Å². The molecule has 1 aliphatic heterocycles. The lowest BCUT2D eigenvalue weighted by molar-refractivity contribution is 0.0126. The molecule has 3 atom stereocenters. The van der Waals surface area contributed by atoms with E-state index >= 15 is 0 Å². The van der Waals surface area contributed by atoms with Crippen molar-refractivity contribution in [3.05, 3.63) is 65.2 Å². The Labute approximate surface area is 220 Å². The molecule has 2 aliphatic rings. The summed E-state index contributed by atoms with van der Waals surface area (Å²) in [7, 11) is 1.64. The molecule has 1 heterocycles. The highest BCUT2D eigenvalue weighted by Gasteiger charge is 2.33. The fourth-order valence-corrected chi connectivity index (χ4v) is 5.65. The second-order valence-electron chi connectivity index (χ2n) is 11.6. The standard InChI is InChI=1S/C31H40N2O4/c1-19(2)25-13-10-20(3)14-29(25)37-30(35)32-23-9-7-8-21(15-23)28(34)17-27-26-16-24(36-6)12-11-22(26)18-31(4,5)33-27/h7-9,11-12,15-17,19-20,25,29,33H,10,13-14,18H2,1-6H3,(H,32,35)/t20-,25+,29-/m0/s1. The minimum atomic E-state index is -0.468. The Kier molecular flexibility index (Phi) is 7.96. The van der Waals surface area contributed by atoms with E-state index in [1.54, 1.807) is 37.5 Å². The number of ether oxygens (including phenoxy) is 2. The van der Waals surface area contributed by atoms with Crippen molar-refractivity contribution >= 4 is 23.3 Å². The highest BCUT2D eigenvalue weighted by atomic mass is 16.6. The predicted molar refractivity (Wildman–Crippen MR) is 148 cm³/mol. The molecule has 2 aromatic rings. The highest BCUT2D eigenvalue weighted by Crippen LogP contribution is 2.36. The normalized spacial score (nSPS) is 23.6. The minimum Gasteiger partial charge on any atom is -0.497 e. The van der Waals surface area contributed by atoms with Crippen molar-refractivity contribution in [2.45, 2.75) is 71.9 Å². The van der Waals surface area contributed by atoms with Crippen LogP contribution in [0, 0.1) is 17.8 Å². The summed E-state index contributed by atoms with van der Waals surface area (Å²) in [5.74, 6) is 1.98. The molecule has 6 heteroatoms. The molecule has 2 N–H and O–H groups in total. The SMILES string of the molecule is COc1ccc2c(c1)C(=CC(=O)c1cccc(NC(=O)O[C@H]3C[C@@H](C)CC[C@@H]3C(C)C)c1)NC(C)(C)C2. The molecular formula is C31H40N2O4. The lowest BCUT2D eigenvalue weighted by Crippen LogP contribution is -2.43. The number of allylic oxidation sites excluding steroid dienone is 1. The predicted octanol–water partition coefficient (Wildman–Crippen LogP) is 6.85. The van der Waals surface area contributed by atoms with Crippen LogP contribution in [0.3, 0.4) is 0 Å². The molecular weight excluding hydrogens is 464 g/mol. The van der Waals surface area contributed by atoms with Gasteiger partial charge in [0.1, 0.15) is 11.9 Å². The van der Waals surface area contributed by atoms with E-state index in [2.05, 4.69) is 51.3 Å². The zero-order valence-electron chi connectivity index (χ0n) is 22.9. The number of amides is 1. The van der Waals surface area contributed by atoms with Crippen LogP contribution < -0.4 is 15.4 Å². The van der Waals surface area contributed by atoms with Gasteiger partial charge in [0.15, 0.2) is 5.78 Å². The van der Waals surface area contributed by atoms with Gasteiger partial charge in [-0.15, -0.1) is 0 Å². The molecule has 37 heavy (non-hydrogen) atoms. The molecule has 0 radical (unpaired) electrons. The Hall–Kier alpha value is -3.28. The Bertz CT molecular complexity index is 1180. The number of anilines is 1. The van der Waals surface area contributed by atoms with Crippen LogP contribution in [-0.4, -0.2) is 30.6 Å². The minimum absolute atomic E-state index is 0.0870. The Morgan fingerprint density at radius 1 is 1.14 bits per heavy atom. The molecule has 0 spiro atoms. The van der Waals surface area contributed by atoms with E-state index < -0.39 is 6.09 Å². The van der Waals surface area contributed by atoms with Gasteiger partial charge in [0.05, 0.1) is 7.11 Å². The van der Waals surface area contributed by atoms with E-state index in [0.717, 1.165) is 36.3 Å². The molecule has 0 bridgehead atoms. The molecule has 4 rings (SSSR count). The molecule has 198 valence electrons. The first-order valence-electron chi connectivity index (χ1n) is 13.3. The van der Waals surface area contributed by atoms with Crippen LogP contribution >= 0.6 is 0 Å². The summed E-state index contributed by atoms with van der Waals surface area (Å²) in [6.45, 7) is 10.8. The van der Waals surface area contributed by atoms with Gasteiger partial charge in [-0.2, -0.15) is 0 Å². The second kappa shape index (κ2) is 11.0. The van der Waals surface area contributed by atoms with Crippen molar-refractivity contribution in [2.24, 2.45) is 17.8 Å². The van der Waals surface area contributed by atoms with Gasteiger partial charge < -0.3 is 14.8 Å². The first kappa shape index (κ1) is 26.8. The molecule has 1 amide bonds. The molecule has 1 saturated carbocycles. The third kappa shape index (κ3) is 6.54. The van der Waals surface area contributed by atoms with Gasteiger partial charge in [-0.1, -0.05) is 45.4 Å². The van der Waals surface area contributed by atoms with Gasteiger partial charge in [0.2, 0.25) is 0 Å². The lowest BCUT2D eigenvalue weighted by atomic mass is 9.75. The number of rotatable bonds is 6. The quantitative estimate of drug-likeness (QED) is 0.332. The average molecular weight is 505 g/mol. The van der Waals surface area contributed by atoms with Gasteiger partial charge in [0, 0.05) is 34.1 Å². The van der Waals surface area contributed by atoms with E-state index in [-0.39, 0.29) is 17.4 Å². The van der Waals surface area contributed by atoms with Crippen LogP contribution in [-0.2, 0) is 11.2 Å². The fourth-order valence-electron chi connectivity index (χ4n) is 5.65. The lowest BCUT2D eigenvalue weighted by Gasteiger charge is -2.36. The smallest absolute Gasteiger partial charge is 0.411 e. The van der Waals surface area contributed by atoms with Gasteiger partial charge in [-0.05, 0) is 80.7 Å². The first-order valence-corrected chi connectivity index (χ1v) is 13.3. The molecule has 0 aromatic heterocycles. The molecule has 0 saturated heterocycles. The third-order valence-electron chi connectivity index (χ3n) is 7.60. The number of nitrogens with one attached hydrogen (secondary N) is 2. The number of fused-ring (bicyclic) bond motifs is 1.